The van der Waals surface area contributed by atoms with E-state index in [0.29, 0.717) is 22.2 Å². The van der Waals surface area contributed by atoms with Crippen molar-refractivity contribution in [2.45, 2.75) is 85.7 Å². The molecule has 3 aliphatic carbocycles. The Labute approximate surface area is 182 Å². The molecule has 0 spiro atoms. The first-order valence-electron chi connectivity index (χ1n) is 12.4. The molecule has 2 unspecified atom stereocenters. The molecule has 3 fully saturated rings. The van der Waals surface area contributed by atoms with Crippen molar-refractivity contribution in [3.63, 3.8) is 0 Å². The number of H-pyrrole nitrogens is 1. The van der Waals surface area contributed by atoms with Crippen molar-refractivity contribution in [2.24, 2.45) is 39.9 Å². The van der Waals surface area contributed by atoms with E-state index in [2.05, 4.69) is 70.1 Å². The molecule has 2 nitrogen and oxygen atoms in total. The van der Waals surface area contributed by atoms with Crippen LogP contribution in [-0.2, 0) is 6.42 Å². The van der Waals surface area contributed by atoms with Crippen LogP contribution in [-0.4, -0.2) is 16.2 Å². The molecular formula is C28H41NO. The van der Waals surface area contributed by atoms with Crippen LogP contribution < -0.4 is 0 Å². The number of fused-ring (bicyclic) bond motifs is 4. The van der Waals surface area contributed by atoms with Gasteiger partial charge in [0, 0.05) is 17.1 Å². The van der Waals surface area contributed by atoms with Gasteiger partial charge in [0.1, 0.15) is 0 Å². The average Bonchev–Trinajstić information content (AvgIpc) is 3.12. The lowest BCUT2D eigenvalue weighted by Crippen LogP contribution is -2.61. The quantitative estimate of drug-likeness (QED) is 0.553. The van der Waals surface area contributed by atoms with Crippen molar-refractivity contribution >= 4 is 10.9 Å². The van der Waals surface area contributed by atoms with Gasteiger partial charge in [0.25, 0.3) is 0 Å². The van der Waals surface area contributed by atoms with Crippen LogP contribution in [0.15, 0.2) is 30.5 Å². The van der Waals surface area contributed by atoms with E-state index in [1.54, 1.807) is 0 Å². The van der Waals surface area contributed by atoms with Crippen LogP contribution in [0.4, 0.5) is 0 Å². The normalized spacial score (nSPS) is 46.4. The fourth-order valence-corrected chi connectivity index (χ4v) is 8.80. The van der Waals surface area contributed by atoms with E-state index in [1.165, 1.54) is 55.0 Å². The summed E-state index contributed by atoms with van der Waals surface area (Å²) in [5, 5.41) is 12.1. The summed E-state index contributed by atoms with van der Waals surface area (Å²) in [7, 11) is 0. The molecule has 2 aromatic rings. The van der Waals surface area contributed by atoms with Gasteiger partial charge in [-0.1, -0.05) is 52.8 Å². The summed E-state index contributed by atoms with van der Waals surface area (Å²) in [6, 6.07) is 8.80. The Morgan fingerprint density at radius 2 is 1.67 bits per heavy atom. The van der Waals surface area contributed by atoms with E-state index >= 15 is 0 Å². The largest absolute Gasteiger partial charge is 0.393 e. The van der Waals surface area contributed by atoms with Crippen LogP contribution in [0.2, 0.25) is 0 Å². The number of aliphatic hydroxyl groups is 1. The first kappa shape index (κ1) is 20.6. The third kappa shape index (κ3) is 2.71. The molecule has 1 aromatic heterocycles. The second-order valence-electron chi connectivity index (χ2n) is 12.1. The average molecular weight is 408 g/mol. The molecule has 0 bridgehead atoms. The Hall–Kier alpha value is -1.28. The van der Waals surface area contributed by atoms with Gasteiger partial charge < -0.3 is 10.1 Å². The zero-order valence-electron chi connectivity index (χ0n) is 19.7. The molecule has 0 aliphatic heterocycles. The van der Waals surface area contributed by atoms with Gasteiger partial charge in [-0.25, -0.2) is 0 Å². The lowest BCUT2D eigenvalue weighted by atomic mass is 9.37. The highest BCUT2D eigenvalue weighted by Crippen LogP contribution is 2.69. The van der Waals surface area contributed by atoms with Gasteiger partial charge in [0.15, 0.2) is 0 Å². The third-order valence-corrected chi connectivity index (χ3v) is 11.0. The summed E-state index contributed by atoms with van der Waals surface area (Å²) in [6.07, 6.45) is 10.9. The topological polar surface area (TPSA) is 36.0 Å². The molecular weight excluding hydrogens is 366 g/mol. The highest BCUT2D eigenvalue weighted by Gasteiger charge is 2.63. The number of benzene rings is 1. The lowest BCUT2D eigenvalue weighted by Gasteiger charge is -2.67. The Bertz CT molecular complexity index is 932. The molecule has 0 saturated heterocycles. The Balaban J connectivity index is 1.53. The maximum Gasteiger partial charge on any atom is 0.0571 e. The predicted octanol–water partition coefficient (Wildman–Crippen LogP) is 6.98. The first-order chi connectivity index (χ1) is 14.2. The van der Waals surface area contributed by atoms with Crippen molar-refractivity contribution in [3.8, 4) is 0 Å². The van der Waals surface area contributed by atoms with E-state index in [9.17, 15) is 5.11 Å². The maximum atomic E-state index is 10.7. The number of nitrogens with one attached hydrogen (secondary N) is 1. The molecule has 164 valence electrons. The fraction of sp³-hybridized carbons (Fsp3) is 0.714. The van der Waals surface area contributed by atoms with Crippen molar-refractivity contribution in [1.29, 1.82) is 0 Å². The molecule has 2 heteroatoms. The van der Waals surface area contributed by atoms with Gasteiger partial charge in [-0.05, 0) is 96.5 Å². The molecule has 3 saturated carbocycles. The second kappa shape index (κ2) is 6.86. The fourth-order valence-electron chi connectivity index (χ4n) is 8.80. The highest BCUT2D eigenvalue weighted by molar-refractivity contribution is 5.83. The summed E-state index contributed by atoms with van der Waals surface area (Å²) >= 11 is 0. The smallest absolute Gasteiger partial charge is 0.0571 e. The number of hydrogen-bond donors (Lipinski definition) is 2. The molecule has 3 aliphatic rings. The molecule has 0 amide bonds. The van der Waals surface area contributed by atoms with E-state index in [-0.39, 0.29) is 6.10 Å². The summed E-state index contributed by atoms with van der Waals surface area (Å²) in [4.78, 5) is 3.53. The predicted molar refractivity (Wildman–Crippen MR) is 125 cm³/mol. The number of aliphatic hydroxyl groups excluding tert-OH is 1. The number of aromatic amines is 1. The lowest BCUT2D eigenvalue weighted by molar-refractivity contribution is -0.195. The first-order valence-corrected chi connectivity index (χ1v) is 12.4. The zero-order chi connectivity index (χ0) is 21.3. The van der Waals surface area contributed by atoms with Crippen molar-refractivity contribution in [2.75, 3.05) is 0 Å². The molecule has 2 N–H and O–H groups in total. The minimum Gasteiger partial charge on any atom is -0.393 e. The van der Waals surface area contributed by atoms with Crippen LogP contribution >= 0.6 is 0 Å². The van der Waals surface area contributed by atoms with Gasteiger partial charge in [-0.15, -0.1) is 0 Å². The van der Waals surface area contributed by atoms with Crippen molar-refractivity contribution in [1.82, 2.24) is 4.98 Å². The third-order valence-electron chi connectivity index (χ3n) is 11.0. The Morgan fingerprint density at radius 1 is 0.933 bits per heavy atom. The second-order valence-corrected chi connectivity index (χ2v) is 12.1. The maximum absolute atomic E-state index is 10.7. The SMILES string of the molecule is C[C@@H]1CC[C@@]2(C)C3CC[C@H](O)[C@H](C)[C@@]3(C)CCC2[C@@]1(C)Cc1c[nH]c2ccccc12. The Kier molecular flexibility index (Phi) is 4.71. The van der Waals surface area contributed by atoms with E-state index < -0.39 is 0 Å². The molecule has 0 radical (unpaired) electrons. The number of hydrogen-bond acceptors (Lipinski definition) is 1. The van der Waals surface area contributed by atoms with Crippen molar-refractivity contribution < 1.29 is 5.11 Å². The van der Waals surface area contributed by atoms with Crippen LogP contribution in [0, 0.1) is 39.9 Å². The van der Waals surface area contributed by atoms with Gasteiger partial charge in [-0.2, -0.15) is 0 Å². The summed E-state index contributed by atoms with van der Waals surface area (Å²) < 4.78 is 0. The monoisotopic (exact) mass is 407 g/mol. The molecule has 1 aromatic carbocycles. The molecule has 1 heterocycles. The zero-order valence-corrected chi connectivity index (χ0v) is 19.7. The highest BCUT2D eigenvalue weighted by atomic mass is 16.3. The summed E-state index contributed by atoms with van der Waals surface area (Å²) in [6.45, 7) is 12.6. The van der Waals surface area contributed by atoms with Crippen LogP contribution in [0.25, 0.3) is 10.9 Å². The Morgan fingerprint density at radius 3 is 2.47 bits per heavy atom. The molecule has 5 rings (SSSR count). The van der Waals surface area contributed by atoms with Crippen LogP contribution in [0.1, 0.15) is 78.7 Å². The van der Waals surface area contributed by atoms with Crippen LogP contribution in [0.3, 0.4) is 0 Å². The van der Waals surface area contributed by atoms with Gasteiger partial charge in [0.2, 0.25) is 0 Å². The molecule has 30 heavy (non-hydrogen) atoms. The minimum atomic E-state index is -0.105. The number of rotatable bonds is 2. The van der Waals surface area contributed by atoms with Gasteiger partial charge >= 0.3 is 0 Å². The minimum absolute atomic E-state index is 0.105. The number of para-hydroxylation sites is 1. The van der Waals surface area contributed by atoms with E-state index in [1.807, 2.05) is 0 Å². The molecule has 8 atom stereocenters. The number of aromatic nitrogens is 1. The van der Waals surface area contributed by atoms with Gasteiger partial charge in [-0.3, -0.25) is 0 Å². The summed E-state index contributed by atoms with van der Waals surface area (Å²) in [5.41, 5.74) is 3.80. The van der Waals surface area contributed by atoms with E-state index in [4.69, 9.17) is 0 Å². The van der Waals surface area contributed by atoms with Gasteiger partial charge in [0.05, 0.1) is 6.10 Å². The van der Waals surface area contributed by atoms with Crippen molar-refractivity contribution in [3.05, 3.63) is 36.0 Å². The van der Waals surface area contributed by atoms with E-state index in [0.717, 1.165) is 24.2 Å². The standard InChI is InChI=1S/C28H41NO/c1-18-12-14-27(4)24-11-10-23(30)19(2)26(24,3)15-13-25(27)28(18,5)16-20-17-29-22-9-7-6-8-21(20)22/h6-9,17-19,23-25,29-30H,10-16H2,1-5H3/t18-,19+,23+,24?,25?,26-,27+,28+/m1/s1. The summed E-state index contributed by atoms with van der Waals surface area (Å²) in [5.74, 6) is 2.69. The van der Waals surface area contributed by atoms with Crippen LogP contribution in [0.5, 0.6) is 0 Å².